The summed E-state index contributed by atoms with van der Waals surface area (Å²) in [6.45, 7) is 6.66. The molecule has 0 bridgehead atoms. The van der Waals surface area contributed by atoms with Crippen molar-refractivity contribution in [2.75, 3.05) is 0 Å². The van der Waals surface area contributed by atoms with Crippen molar-refractivity contribution in [2.45, 2.75) is 45.7 Å². The molecule has 0 amide bonds. The molecule has 0 aliphatic heterocycles. The van der Waals surface area contributed by atoms with E-state index in [9.17, 15) is 0 Å². The number of benzene rings is 2. The van der Waals surface area contributed by atoms with Crippen LogP contribution in [0.1, 0.15) is 56.0 Å². The zero-order valence-corrected chi connectivity index (χ0v) is 14.7. The lowest BCUT2D eigenvalue weighted by Gasteiger charge is -2.23. The van der Waals surface area contributed by atoms with Gasteiger partial charge in [0, 0.05) is 16.6 Å². The molecule has 0 fully saturated rings. The van der Waals surface area contributed by atoms with Gasteiger partial charge in [0.1, 0.15) is 0 Å². The van der Waals surface area contributed by atoms with E-state index in [0.717, 1.165) is 17.3 Å². The summed E-state index contributed by atoms with van der Waals surface area (Å²) in [6, 6.07) is 18.2. The first kappa shape index (κ1) is 16.3. The fourth-order valence-corrected chi connectivity index (χ4v) is 3.03. The molecule has 2 aromatic rings. The Bertz CT molecular complexity index is 562. The van der Waals surface area contributed by atoms with Gasteiger partial charge in [-0.1, -0.05) is 66.2 Å². The van der Waals surface area contributed by atoms with Gasteiger partial charge in [0.05, 0.1) is 0 Å². The molecule has 2 atom stereocenters. The monoisotopic (exact) mass is 345 g/mol. The highest BCUT2D eigenvalue weighted by Gasteiger charge is 2.13. The molecule has 2 aromatic carbocycles. The third-order valence-corrected chi connectivity index (χ3v) is 4.49. The lowest BCUT2D eigenvalue weighted by Crippen LogP contribution is -2.24. The van der Waals surface area contributed by atoms with Gasteiger partial charge in [-0.15, -0.1) is 0 Å². The Balaban J connectivity index is 2.10. The molecule has 0 saturated heterocycles. The molecule has 0 saturated carbocycles. The van der Waals surface area contributed by atoms with E-state index < -0.39 is 0 Å². The van der Waals surface area contributed by atoms with Crippen molar-refractivity contribution in [3.8, 4) is 0 Å². The van der Waals surface area contributed by atoms with E-state index in [-0.39, 0.29) is 0 Å². The largest absolute Gasteiger partial charge is 0.303 e. The summed E-state index contributed by atoms with van der Waals surface area (Å²) >= 11 is 3.55. The first-order valence-electron chi connectivity index (χ1n) is 7.74. The molecule has 1 nitrogen and oxygen atoms in total. The molecule has 1 N–H and O–H groups in total. The fraction of sp³-hybridized carbons (Fsp3) is 0.368. The Morgan fingerprint density at radius 3 is 2.29 bits per heavy atom. The van der Waals surface area contributed by atoms with Crippen molar-refractivity contribution in [1.29, 1.82) is 0 Å². The molecule has 21 heavy (non-hydrogen) atoms. The van der Waals surface area contributed by atoms with Crippen LogP contribution in [-0.4, -0.2) is 0 Å². The van der Waals surface area contributed by atoms with Crippen molar-refractivity contribution < 1.29 is 0 Å². The van der Waals surface area contributed by atoms with Crippen LogP contribution in [0.15, 0.2) is 53.0 Å². The van der Waals surface area contributed by atoms with E-state index in [4.69, 9.17) is 0 Å². The number of nitrogens with one attached hydrogen (secondary N) is 1. The predicted octanol–water partition coefficient (Wildman–Crippen LogP) is 5.81. The minimum atomic E-state index is 0.332. The average molecular weight is 346 g/mol. The molecule has 0 aromatic heterocycles. The fourth-order valence-electron chi connectivity index (χ4n) is 2.61. The van der Waals surface area contributed by atoms with E-state index in [1.54, 1.807) is 0 Å². The maximum Gasteiger partial charge on any atom is 0.0323 e. The lowest BCUT2D eigenvalue weighted by molar-refractivity contribution is 0.456. The Morgan fingerprint density at radius 1 is 1.00 bits per heavy atom. The highest BCUT2D eigenvalue weighted by molar-refractivity contribution is 9.10. The SMILES string of the molecule is CCc1ccc(C(CC)N[C@H](C)c2cccc(Br)c2)cc1. The first-order valence-corrected chi connectivity index (χ1v) is 8.53. The second-order valence-electron chi connectivity index (χ2n) is 5.50. The molecule has 112 valence electrons. The summed E-state index contributed by atoms with van der Waals surface area (Å²) in [5.74, 6) is 0. The van der Waals surface area contributed by atoms with Crippen LogP contribution in [0.2, 0.25) is 0 Å². The van der Waals surface area contributed by atoms with E-state index in [1.165, 1.54) is 16.7 Å². The van der Waals surface area contributed by atoms with Crippen LogP contribution in [0.25, 0.3) is 0 Å². The van der Waals surface area contributed by atoms with E-state index in [2.05, 4.69) is 90.5 Å². The summed E-state index contributed by atoms with van der Waals surface area (Å²) in [5.41, 5.74) is 4.08. The van der Waals surface area contributed by atoms with Crippen molar-refractivity contribution >= 4 is 15.9 Å². The maximum absolute atomic E-state index is 3.74. The van der Waals surface area contributed by atoms with Crippen molar-refractivity contribution in [1.82, 2.24) is 5.32 Å². The minimum absolute atomic E-state index is 0.332. The second kappa shape index (κ2) is 7.77. The quantitative estimate of drug-likeness (QED) is 0.696. The molecule has 0 aliphatic carbocycles. The first-order chi connectivity index (χ1) is 10.1. The molecular weight excluding hydrogens is 322 g/mol. The summed E-state index contributed by atoms with van der Waals surface area (Å²) in [5, 5.41) is 3.74. The van der Waals surface area contributed by atoms with Gasteiger partial charge in [-0.05, 0) is 48.6 Å². The average Bonchev–Trinajstić information content (AvgIpc) is 2.52. The lowest BCUT2D eigenvalue weighted by atomic mass is 9.99. The third-order valence-electron chi connectivity index (χ3n) is 4.00. The Kier molecular flexibility index (Phi) is 6.01. The van der Waals surface area contributed by atoms with E-state index in [0.29, 0.717) is 12.1 Å². The smallest absolute Gasteiger partial charge is 0.0323 e. The summed E-state index contributed by atoms with van der Waals surface area (Å²) in [4.78, 5) is 0. The van der Waals surface area contributed by atoms with Crippen LogP contribution >= 0.6 is 15.9 Å². The van der Waals surface area contributed by atoms with Crippen LogP contribution in [0, 0.1) is 0 Å². The molecule has 0 heterocycles. The van der Waals surface area contributed by atoms with Crippen LogP contribution in [0.3, 0.4) is 0 Å². The van der Waals surface area contributed by atoms with E-state index >= 15 is 0 Å². The van der Waals surface area contributed by atoms with Gasteiger partial charge in [0.15, 0.2) is 0 Å². The number of hydrogen-bond donors (Lipinski definition) is 1. The third kappa shape index (κ3) is 4.42. The molecule has 0 aliphatic rings. The topological polar surface area (TPSA) is 12.0 Å². The normalized spacial score (nSPS) is 13.9. The summed E-state index contributed by atoms with van der Waals surface area (Å²) in [7, 11) is 0. The van der Waals surface area contributed by atoms with E-state index in [1.807, 2.05) is 0 Å². The van der Waals surface area contributed by atoms with Crippen LogP contribution in [0.4, 0.5) is 0 Å². The maximum atomic E-state index is 3.74. The standard InChI is InChI=1S/C19H24BrN/c1-4-15-9-11-16(12-10-15)19(5-2)21-14(3)17-7-6-8-18(20)13-17/h6-14,19,21H,4-5H2,1-3H3/t14-,19?/m1/s1. The molecular formula is C19H24BrN. The van der Waals surface area contributed by atoms with Gasteiger partial charge in [-0.25, -0.2) is 0 Å². The molecule has 2 heteroatoms. The number of hydrogen-bond acceptors (Lipinski definition) is 1. The highest BCUT2D eigenvalue weighted by Crippen LogP contribution is 2.24. The summed E-state index contributed by atoms with van der Waals surface area (Å²) < 4.78 is 1.13. The number of rotatable bonds is 6. The van der Waals surface area contributed by atoms with Crippen molar-refractivity contribution in [2.24, 2.45) is 0 Å². The van der Waals surface area contributed by atoms with Gasteiger partial charge in [0.25, 0.3) is 0 Å². The Labute approximate surface area is 136 Å². The van der Waals surface area contributed by atoms with Crippen LogP contribution in [-0.2, 0) is 6.42 Å². The van der Waals surface area contributed by atoms with Crippen molar-refractivity contribution in [3.63, 3.8) is 0 Å². The van der Waals surface area contributed by atoms with Crippen LogP contribution < -0.4 is 5.32 Å². The summed E-state index contributed by atoms with van der Waals surface area (Å²) in [6.07, 6.45) is 2.18. The zero-order valence-electron chi connectivity index (χ0n) is 13.1. The van der Waals surface area contributed by atoms with Crippen molar-refractivity contribution in [3.05, 3.63) is 69.7 Å². The van der Waals surface area contributed by atoms with Gasteiger partial charge in [0.2, 0.25) is 0 Å². The minimum Gasteiger partial charge on any atom is -0.303 e. The molecule has 2 rings (SSSR count). The van der Waals surface area contributed by atoms with Gasteiger partial charge >= 0.3 is 0 Å². The second-order valence-corrected chi connectivity index (χ2v) is 6.42. The van der Waals surface area contributed by atoms with Gasteiger partial charge in [-0.3, -0.25) is 0 Å². The highest BCUT2D eigenvalue weighted by atomic mass is 79.9. The molecule has 1 unspecified atom stereocenters. The Morgan fingerprint density at radius 2 is 1.71 bits per heavy atom. The predicted molar refractivity (Wildman–Crippen MR) is 94.5 cm³/mol. The number of halogens is 1. The zero-order chi connectivity index (χ0) is 15.2. The molecule has 0 spiro atoms. The van der Waals surface area contributed by atoms with Crippen LogP contribution in [0.5, 0.6) is 0 Å². The molecule has 0 radical (unpaired) electrons. The number of aryl methyl sites for hydroxylation is 1. The van der Waals surface area contributed by atoms with Gasteiger partial charge in [-0.2, -0.15) is 0 Å². The Hall–Kier alpha value is -1.12. The van der Waals surface area contributed by atoms with Gasteiger partial charge < -0.3 is 5.32 Å².